The molecular weight excluding hydrogens is 210 g/mol. The van der Waals surface area contributed by atoms with E-state index in [4.69, 9.17) is 0 Å². The highest BCUT2D eigenvalue weighted by Gasteiger charge is 2.17. The van der Waals surface area contributed by atoms with Crippen LogP contribution in [0.15, 0.2) is 6.07 Å². The SMILES string of the molecule is CCC(C)N(CC)c1cc(C)nc(C)c1C#N. The zero-order valence-corrected chi connectivity index (χ0v) is 11.4. The Kier molecular flexibility index (Phi) is 4.51. The molecule has 0 aliphatic carbocycles. The first-order valence-electron chi connectivity index (χ1n) is 6.20. The van der Waals surface area contributed by atoms with Crippen molar-refractivity contribution in [1.82, 2.24) is 4.98 Å². The van der Waals surface area contributed by atoms with E-state index in [0.29, 0.717) is 11.6 Å². The maximum absolute atomic E-state index is 9.27. The van der Waals surface area contributed by atoms with Crippen molar-refractivity contribution in [2.45, 2.75) is 47.1 Å². The van der Waals surface area contributed by atoms with E-state index < -0.39 is 0 Å². The van der Waals surface area contributed by atoms with Gasteiger partial charge in [0.2, 0.25) is 0 Å². The molecule has 17 heavy (non-hydrogen) atoms. The van der Waals surface area contributed by atoms with Crippen molar-refractivity contribution in [3.63, 3.8) is 0 Å². The predicted molar refractivity (Wildman–Crippen MR) is 71.2 cm³/mol. The van der Waals surface area contributed by atoms with Gasteiger partial charge in [0.05, 0.1) is 16.9 Å². The minimum Gasteiger partial charge on any atom is -0.368 e. The molecule has 1 aromatic rings. The smallest absolute Gasteiger partial charge is 0.103 e. The van der Waals surface area contributed by atoms with Crippen molar-refractivity contribution in [1.29, 1.82) is 5.26 Å². The van der Waals surface area contributed by atoms with Crippen LogP contribution in [-0.4, -0.2) is 17.6 Å². The molecule has 0 amide bonds. The first kappa shape index (κ1) is 13.5. The van der Waals surface area contributed by atoms with Gasteiger partial charge in [-0.05, 0) is 40.2 Å². The fourth-order valence-electron chi connectivity index (χ4n) is 2.11. The Labute approximate surface area is 104 Å². The lowest BCUT2D eigenvalue weighted by Gasteiger charge is -2.30. The summed E-state index contributed by atoms with van der Waals surface area (Å²) in [6.07, 6.45) is 1.07. The molecule has 1 rings (SSSR count). The monoisotopic (exact) mass is 231 g/mol. The summed E-state index contributed by atoms with van der Waals surface area (Å²) in [5.41, 5.74) is 3.52. The van der Waals surface area contributed by atoms with Crippen LogP contribution < -0.4 is 4.90 Å². The number of aromatic nitrogens is 1. The molecule has 0 aliphatic rings. The Hall–Kier alpha value is -1.56. The highest BCUT2D eigenvalue weighted by Crippen LogP contribution is 2.25. The Morgan fingerprint density at radius 3 is 2.53 bits per heavy atom. The molecule has 0 aromatic carbocycles. The molecule has 92 valence electrons. The largest absolute Gasteiger partial charge is 0.368 e. The topological polar surface area (TPSA) is 39.9 Å². The number of nitrogens with zero attached hydrogens (tertiary/aromatic N) is 3. The minimum atomic E-state index is 0.438. The van der Waals surface area contributed by atoms with Gasteiger partial charge in [-0.2, -0.15) is 5.26 Å². The highest BCUT2D eigenvalue weighted by atomic mass is 15.2. The maximum atomic E-state index is 9.27. The minimum absolute atomic E-state index is 0.438. The zero-order chi connectivity index (χ0) is 13.0. The van der Waals surface area contributed by atoms with Crippen molar-refractivity contribution >= 4 is 5.69 Å². The molecule has 0 saturated carbocycles. The third kappa shape index (κ3) is 2.76. The van der Waals surface area contributed by atoms with Crippen molar-refractivity contribution in [3.05, 3.63) is 23.0 Å². The molecule has 0 saturated heterocycles. The molecule has 0 radical (unpaired) electrons. The van der Waals surface area contributed by atoms with Crippen LogP contribution in [-0.2, 0) is 0 Å². The van der Waals surface area contributed by atoms with Crippen LogP contribution >= 0.6 is 0 Å². The lowest BCUT2D eigenvalue weighted by atomic mass is 10.1. The number of hydrogen-bond donors (Lipinski definition) is 0. The second-order valence-electron chi connectivity index (χ2n) is 4.40. The van der Waals surface area contributed by atoms with Gasteiger partial charge in [0.15, 0.2) is 0 Å². The Morgan fingerprint density at radius 2 is 2.06 bits per heavy atom. The van der Waals surface area contributed by atoms with Crippen LogP contribution in [0, 0.1) is 25.2 Å². The number of anilines is 1. The van der Waals surface area contributed by atoms with Crippen LogP contribution in [0.4, 0.5) is 5.69 Å². The van der Waals surface area contributed by atoms with Crippen LogP contribution in [0.3, 0.4) is 0 Å². The van der Waals surface area contributed by atoms with Crippen molar-refractivity contribution in [2.75, 3.05) is 11.4 Å². The number of hydrogen-bond acceptors (Lipinski definition) is 3. The quantitative estimate of drug-likeness (QED) is 0.799. The maximum Gasteiger partial charge on any atom is 0.103 e. The fourth-order valence-corrected chi connectivity index (χ4v) is 2.11. The second kappa shape index (κ2) is 5.67. The average molecular weight is 231 g/mol. The molecule has 0 fully saturated rings. The van der Waals surface area contributed by atoms with Crippen LogP contribution in [0.5, 0.6) is 0 Å². The van der Waals surface area contributed by atoms with E-state index in [9.17, 15) is 5.26 Å². The summed E-state index contributed by atoms with van der Waals surface area (Å²) < 4.78 is 0. The molecule has 1 aromatic heterocycles. The van der Waals surface area contributed by atoms with Gasteiger partial charge < -0.3 is 4.90 Å². The second-order valence-corrected chi connectivity index (χ2v) is 4.40. The summed E-state index contributed by atoms with van der Waals surface area (Å²) in [5, 5.41) is 9.27. The van der Waals surface area contributed by atoms with Crippen molar-refractivity contribution in [3.8, 4) is 6.07 Å². The predicted octanol–water partition coefficient (Wildman–Crippen LogP) is 3.19. The summed E-state index contributed by atoms with van der Waals surface area (Å²) in [4.78, 5) is 6.64. The standard InChI is InChI=1S/C14H21N3/c1-6-11(4)17(7-2)14-8-10(3)16-12(5)13(14)9-15/h8,11H,6-7H2,1-5H3. The van der Waals surface area contributed by atoms with Gasteiger partial charge >= 0.3 is 0 Å². The molecule has 3 nitrogen and oxygen atoms in total. The fraction of sp³-hybridized carbons (Fsp3) is 0.571. The zero-order valence-electron chi connectivity index (χ0n) is 11.4. The first-order valence-corrected chi connectivity index (χ1v) is 6.20. The molecular formula is C14H21N3. The van der Waals surface area contributed by atoms with Gasteiger partial charge in [0, 0.05) is 18.3 Å². The molecule has 0 N–H and O–H groups in total. The van der Waals surface area contributed by atoms with Gasteiger partial charge in [-0.15, -0.1) is 0 Å². The van der Waals surface area contributed by atoms with Crippen molar-refractivity contribution in [2.24, 2.45) is 0 Å². The van der Waals surface area contributed by atoms with Gasteiger partial charge in [-0.3, -0.25) is 4.98 Å². The van der Waals surface area contributed by atoms with E-state index >= 15 is 0 Å². The summed E-state index contributed by atoms with van der Waals surface area (Å²) in [6.45, 7) is 11.3. The van der Waals surface area contributed by atoms with Crippen LogP contribution in [0.25, 0.3) is 0 Å². The molecule has 0 spiro atoms. The van der Waals surface area contributed by atoms with Gasteiger partial charge in [-0.1, -0.05) is 6.92 Å². The highest BCUT2D eigenvalue weighted by molar-refractivity contribution is 5.62. The number of aryl methyl sites for hydroxylation is 2. The molecule has 0 aliphatic heterocycles. The number of nitriles is 1. The molecule has 1 heterocycles. The summed E-state index contributed by atoms with van der Waals surface area (Å²) in [7, 11) is 0. The Morgan fingerprint density at radius 1 is 1.41 bits per heavy atom. The number of pyridine rings is 1. The van der Waals surface area contributed by atoms with E-state index in [-0.39, 0.29) is 0 Å². The lowest BCUT2D eigenvalue weighted by Crippen LogP contribution is -2.33. The molecule has 1 unspecified atom stereocenters. The van der Waals surface area contributed by atoms with E-state index in [0.717, 1.165) is 30.0 Å². The van der Waals surface area contributed by atoms with Crippen LogP contribution in [0.1, 0.15) is 44.1 Å². The summed E-state index contributed by atoms with van der Waals surface area (Å²) >= 11 is 0. The van der Waals surface area contributed by atoms with Crippen molar-refractivity contribution < 1.29 is 0 Å². The average Bonchev–Trinajstić information content (AvgIpc) is 2.29. The van der Waals surface area contributed by atoms with Gasteiger partial charge in [0.1, 0.15) is 6.07 Å². The van der Waals surface area contributed by atoms with E-state index in [1.54, 1.807) is 0 Å². The molecule has 1 atom stereocenters. The van der Waals surface area contributed by atoms with E-state index in [2.05, 4.69) is 36.7 Å². The summed E-state index contributed by atoms with van der Waals surface area (Å²) in [5.74, 6) is 0. The Balaban J connectivity index is 3.32. The van der Waals surface area contributed by atoms with Crippen LogP contribution in [0.2, 0.25) is 0 Å². The summed E-state index contributed by atoms with van der Waals surface area (Å²) in [6, 6.07) is 4.73. The Bertz CT molecular complexity index is 432. The van der Waals surface area contributed by atoms with E-state index in [1.807, 2.05) is 19.9 Å². The van der Waals surface area contributed by atoms with Gasteiger partial charge in [-0.25, -0.2) is 0 Å². The molecule has 3 heteroatoms. The number of rotatable bonds is 4. The normalized spacial score (nSPS) is 12.0. The lowest BCUT2D eigenvalue weighted by molar-refractivity contribution is 0.628. The van der Waals surface area contributed by atoms with Gasteiger partial charge in [0.25, 0.3) is 0 Å². The molecule has 0 bridgehead atoms. The third-order valence-electron chi connectivity index (χ3n) is 3.19. The first-order chi connectivity index (χ1) is 8.04. The third-order valence-corrected chi connectivity index (χ3v) is 3.19. The van der Waals surface area contributed by atoms with E-state index in [1.165, 1.54) is 0 Å².